The fourth-order valence-electron chi connectivity index (χ4n) is 2.28. The molecular formula is C15H20O3. The fourth-order valence-corrected chi connectivity index (χ4v) is 2.28. The van der Waals surface area contributed by atoms with Crippen molar-refractivity contribution in [3.8, 4) is 0 Å². The molecule has 98 valence electrons. The van der Waals surface area contributed by atoms with Crippen molar-refractivity contribution in [3.63, 3.8) is 0 Å². The Hall–Kier alpha value is -1.19. The Labute approximate surface area is 108 Å². The zero-order valence-electron chi connectivity index (χ0n) is 10.9. The topological polar surface area (TPSA) is 35.5 Å². The summed E-state index contributed by atoms with van der Waals surface area (Å²) in [5.74, 6) is 0.213. The van der Waals surface area contributed by atoms with E-state index < -0.39 is 0 Å². The third-order valence-electron chi connectivity index (χ3n) is 3.23. The maximum atomic E-state index is 11.8. The van der Waals surface area contributed by atoms with Gasteiger partial charge in [0, 0.05) is 19.4 Å². The van der Waals surface area contributed by atoms with Crippen LogP contribution in [0.15, 0.2) is 24.3 Å². The number of benzene rings is 1. The summed E-state index contributed by atoms with van der Waals surface area (Å²) in [5.41, 5.74) is 2.49. The van der Waals surface area contributed by atoms with Crippen molar-refractivity contribution in [1.82, 2.24) is 0 Å². The Morgan fingerprint density at radius 1 is 1.44 bits per heavy atom. The van der Waals surface area contributed by atoms with Gasteiger partial charge in [-0.05, 0) is 24.5 Å². The molecule has 1 aromatic rings. The van der Waals surface area contributed by atoms with Crippen LogP contribution in [0.2, 0.25) is 0 Å². The van der Waals surface area contributed by atoms with Crippen molar-refractivity contribution in [2.24, 2.45) is 0 Å². The molecule has 0 amide bonds. The molecule has 0 radical (unpaired) electrons. The van der Waals surface area contributed by atoms with E-state index in [0.717, 1.165) is 6.42 Å². The number of ether oxygens (including phenoxy) is 2. The quantitative estimate of drug-likeness (QED) is 0.726. The summed E-state index contributed by atoms with van der Waals surface area (Å²) in [6, 6.07) is 8.23. The summed E-state index contributed by atoms with van der Waals surface area (Å²) in [7, 11) is 0. The van der Waals surface area contributed by atoms with Crippen molar-refractivity contribution in [2.75, 3.05) is 19.8 Å². The van der Waals surface area contributed by atoms with E-state index in [4.69, 9.17) is 9.47 Å². The average molecular weight is 248 g/mol. The largest absolute Gasteiger partial charge is 0.381 e. The van der Waals surface area contributed by atoms with Crippen LogP contribution in [0.4, 0.5) is 0 Å². The summed E-state index contributed by atoms with van der Waals surface area (Å²) in [6.45, 7) is 3.82. The predicted molar refractivity (Wildman–Crippen MR) is 69.6 cm³/mol. The molecule has 0 saturated carbocycles. The smallest absolute Gasteiger partial charge is 0.138 e. The van der Waals surface area contributed by atoms with Crippen LogP contribution in [-0.4, -0.2) is 25.6 Å². The highest BCUT2D eigenvalue weighted by molar-refractivity contribution is 5.79. The third-order valence-corrected chi connectivity index (χ3v) is 3.23. The maximum absolute atomic E-state index is 11.8. The van der Waals surface area contributed by atoms with Crippen LogP contribution >= 0.6 is 0 Å². The predicted octanol–water partition coefficient (Wildman–Crippen LogP) is 2.69. The van der Waals surface area contributed by atoms with Crippen molar-refractivity contribution < 1.29 is 14.3 Å². The lowest BCUT2D eigenvalue weighted by Gasteiger charge is -2.25. The first-order valence-electron chi connectivity index (χ1n) is 6.60. The molecule has 0 fully saturated rings. The van der Waals surface area contributed by atoms with E-state index >= 15 is 0 Å². The van der Waals surface area contributed by atoms with Gasteiger partial charge in [0.05, 0.1) is 19.3 Å². The first-order chi connectivity index (χ1) is 8.81. The highest BCUT2D eigenvalue weighted by atomic mass is 16.5. The van der Waals surface area contributed by atoms with Gasteiger partial charge in [0.15, 0.2) is 0 Å². The molecule has 3 heteroatoms. The molecule has 1 aromatic carbocycles. The van der Waals surface area contributed by atoms with Gasteiger partial charge < -0.3 is 9.47 Å². The van der Waals surface area contributed by atoms with Gasteiger partial charge in [-0.15, -0.1) is 0 Å². The van der Waals surface area contributed by atoms with Crippen molar-refractivity contribution in [3.05, 3.63) is 35.4 Å². The third kappa shape index (κ3) is 3.40. The molecule has 0 bridgehead atoms. The van der Waals surface area contributed by atoms with Crippen LogP contribution in [0.1, 0.15) is 37.0 Å². The molecule has 0 saturated heterocycles. The van der Waals surface area contributed by atoms with Gasteiger partial charge in [-0.3, -0.25) is 4.79 Å². The second-order valence-corrected chi connectivity index (χ2v) is 4.50. The van der Waals surface area contributed by atoms with Crippen molar-refractivity contribution >= 4 is 5.78 Å². The molecule has 1 unspecified atom stereocenters. The number of carbonyl (C=O) groups excluding carboxylic acids is 1. The molecule has 0 N–H and O–H groups in total. The Morgan fingerprint density at radius 3 is 3.11 bits per heavy atom. The Bertz CT molecular complexity index is 400. The standard InChI is InChI=1S/C15H20O3/c1-2-17-9-8-13(16)11-15-14-6-4-3-5-12(14)7-10-18-15/h3-6,15H,2,7-11H2,1H3. The van der Waals surface area contributed by atoms with E-state index in [2.05, 4.69) is 12.1 Å². The monoisotopic (exact) mass is 248 g/mol. The van der Waals surface area contributed by atoms with Gasteiger partial charge in [0.2, 0.25) is 0 Å². The number of hydrogen-bond donors (Lipinski definition) is 0. The van der Waals surface area contributed by atoms with Crippen LogP contribution in [0, 0.1) is 0 Å². The van der Waals surface area contributed by atoms with E-state index in [-0.39, 0.29) is 11.9 Å². The number of hydrogen-bond acceptors (Lipinski definition) is 3. The zero-order chi connectivity index (χ0) is 12.8. The number of fused-ring (bicyclic) bond motifs is 1. The second kappa shape index (κ2) is 6.66. The van der Waals surface area contributed by atoms with Gasteiger partial charge >= 0.3 is 0 Å². The number of ketones is 1. The van der Waals surface area contributed by atoms with Crippen molar-refractivity contribution in [1.29, 1.82) is 0 Å². The highest BCUT2D eigenvalue weighted by Crippen LogP contribution is 2.29. The summed E-state index contributed by atoms with van der Waals surface area (Å²) in [4.78, 5) is 11.8. The van der Waals surface area contributed by atoms with Crippen LogP contribution in [0.3, 0.4) is 0 Å². The molecular weight excluding hydrogens is 228 g/mol. The minimum Gasteiger partial charge on any atom is -0.381 e. The lowest BCUT2D eigenvalue weighted by atomic mass is 9.94. The summed E-state index contributed by atoms with van der Waals surface area (Å²) in [6.07, 6.45) is 1.82. The van der Waals surface area contributed by atoms with E-state index in [1.807, 2.05) is 19.1 Å². The van der Waals surface area contributed by atoms with E-state index in [1.54, 1.807) is 0 Å². The fraction of sp³-hybridized carbons (Fsp3) is 0.533. The first kappa shape index (κ1) is 13.2. The second-order valence-electron chi connectivity index (χ2n) is 4.50. The van der Waals surface area contributed by atoms with E-state index in [0.29, 0.717) is 32.7 Å². The van der Waals surface area contributed by atoms with Gasteiger partial charge in [-0.2, -0.15) is 0 Å². The minimum atomic E-state index is -0.0657. The van der Waals surface area contributed by atoms with Crippen LogP contribution < -0.4 is 0 Å². The summed E-state index contributed by atoms with van der Waals surface area (Å²) in [5, 5.41) is 0. The van der Waals surface area contributed by atoms with Crippen molar-refractivity contribution in [2.45, 2.75) is 32.3 Å². The molecule has 18 heavy (non-hydrogen) atoms. The minimum absolute atomic E-state index is 0.0657. The summed E-state index contributed by atoms with van der Waals surface area (Å²) >= 11 is 0. The SMILES string of the molecule is CCOCCC(=O)CC1OCCc2ccccc21. The lowest BCUT2D eigenvalue weighted by Crippen LogP contribution is -2.19. The number of rotatable bonds is 6. The van der Waals surface area contributed by atoms with Crippen LogP contribution in [0.25, 0.3) is 0 Å². The maximum Gasteiger partial charge on any atom is 0.138 e. The van der Waals surface area contributed by atoms with Crippen LogP contribution in [-0.2, 0) is 20.7 Å². The molecule has 1 heterocycles. The normalized spacial score (nSPS) is 18.4. The average Bonchev–Trinajstić information content (AvgIpc) is 2.39. The van der Waals surface area contributed by atoms with E-state index in [1.165, 1.54) is 11.1 Å². The first-order valence-corrected chi connectivity index (χ1v) is 6.60. The Balaban J connectivity index is 1.92. The molecule has 2 rings (SSSR count). The molecule has 0 aliphatic carbocycles. The molecule has 1 atom stereocenters. The number of carbonyl (C=O) groups is 1. The lowest BCUT2D eigenvalue weighted by molar-refractivity contribution is -0.123. The molecule has 1 aliphatic rings. The van der Waals surface area contributed by atoms with Gasteiger partial charge in [0.25, 0.3) is 0 Å². The zero-order valence-corrected chi connectivity index (χ0v) is 10.9. The molecule has 3 nitrogen and oxygen atoms in total. The van der Waals surface area contributed by atoms with E-state index in [9.17, 15) is 4.79 Å². The Kier molecular flexibility index (Phi) is 4.90. The van der Waals surface area contributed by atoms with Crippen LogP contribution in [0.5, 0.6) is 0 Å². The van der Waals surface area contributed by atoms with Gasteiger partial charge in [-0.1, -0.05) is 24.3 Å². The Morgan fingerprint density at radius 2 is 2.28 bits per heavy atom. The highest BCUT2D eigenvalue weighted by Gasteiger charge is 2.22. The number of Topliss-reactive ketones (excluding diaryl/α,β-unsaturated/α-hetero) is 1. The molecule has 0 aromatic heterocycles. The van der Waals surface area contributed by atoms with Gasteiger partial charge in [-0.25, -0.2) is 0 Å². The molecule has 1 aliphatic heterocycles. The molecule has 0 spiro atoms. The van der Waals surface area contributed by atoms with Gasteiger partial charge in [0.1, 0.15) is 5.78 Å². The summed E-state index contributed by atoms with van der Waals surface area (Å²) < 4.78 is 10.9.